The molecular weight excluding hydrogens is 1130 g/mol. The van der Waals surface area contributed by atoms with Crippen LogP contribution in [-0.4, -0.2) is 15.8 Å². The van der Waals surface area contributed by atoms with E-state index < -0.39 is 0 Å². The molecule has 3 nitrogen and oxygen atoms in total. The minimum atomic E-state index is -0.234. The van der Waals surface area contributed by atoms with Gasteiger partial charge in [0, 0.05) is 60.9 Å². The Morgan fingerprint density at radius 3 is 1.46 bits per heavy atom. The van der Waals surface area contributed by atoms with Crippen molar-refractivity contribution in [3.8, 4) is 78.1 Å². The van der Waals surface area contributed by atoms with Gasteiger partial charge in [-0.25, -0.2) is 0 Å². The molecular formula is C90H68BN3. The Kier molecular flexibility index (Phi) is 12.5. The minimum Gasteiger partial charge on any atom is -0.310 e. The van der Waals surface area contributed by atoms with Gasteiger partial charge in [0.05, 0.1) is 22.2 Å². The number of rotatable bonds is 8. The highest BCUT2D eigenvalue weighted by Crippen LogP contribution is 2.53. The summed E-state index contributed by atoms with van der Waals surface area (Å²) in [6.07, 6.45) is 0. The molecule has 0 saturated heterocycles. The first-order valence-corrected chi connectivity index (χ1v) is 33.2. The highest BCUT2D eigenvalue weighted by atomic mass is 15.2. The molecule has 446 valence electrons. The summed E-state index contributed by atoms with van der Waals surface area (Å²) in [6, 6.07) is 115. The average molecular weight is 1200 g/mol. The maximum Gasteiger partial charge on any atom is 0.253 e. The maximum absolute atomic E-state index is 2.74. The summed E-state index contributed by atoms with van der Waals surface area (Å²) in [7, 11) is 0. The van der Waals surface area contributed by atoms with Crippen LogP contribution >= 0.6 is 0 Å². The molecule has 94 heavy (non-hydrogen) atoms. The standard InChI is InChI=1S/C90H68BN3/c1-89(2,3)68-48-67(49-69(54-68)90(4,5)6)73-38-24-37-72(61-32-18-10-19-33-61)87(73)94-82-55-77-76-50-64(57-25-12-7-13-26-57)42-46-79(76)92(70-35-20-11-21-36-70)81(77)56-78(82)91-85-71(60-30-16-9-17-31-60)44-45-75-74-43-41-65(58-27-14-8-15-28-58)51-80(74)93(88(75)85)83-52-66(53-84(94)86(83)91)63-40-39-59-29-22-23-34-62(59)47-63/h7-56H,1-6H3. The lowest BCUT2D eigenvalue weighted by Gasteiger charge is -2.42. The topological polar surface area (TPSA) is 13.1 Å². The van der Waals surface area contributed by atoms with Gasteiger partial charge in [-0.1, -0.05) is 284 Å². The molecule has 4 heteroatoms. The van der Waals surface area contributed by atoms with E-state index in [4.69, 9.17) is 0 Å². The fourth-order valence-electron chi connectivity index (χ4n) is 15.7. The van der Waals surface area contributed by atoms with Crippen molar-refractivity contribution < 1.29 is 0 Å². The third kappa shape index (κ3) is 8.80. The Hall–Kier alpha value is -11.2. The zero-order valence-corrected chi connectivity index (χ0v) is 53.8. The van der Waals surface area contributed by atoms with Crippen molar-refractivity contribution in [1.29, 1.82) is 0 Å². The lowest BCUT2D eigenvalue weighted by molar-refractivity contribution is 0.569. The van der Waals surface area contributed by atoms with Crippen molar-refractivity contribution in [2.24, 2.45) is 0 Å². The lowest BCUT2D eigenvalue weighted by Crippen LogP contribution is -2.61. The Balaban J connectivity index is 1.07. The number of aromatic nitrogens is 2. The molecule has 18 rings (SSSR count). The minimum absolute atomic E-state index is 0.127. The number of anilines is 3. The quantitative estimate of drug-likeness (QED) is 0.138. The van der Waals surface area contributed by atoms with E-state index in [1.165, 1.54) is 132 Å². The predicted molar refractivity (Wildman–Crippen MR) is 402 cm³/mol. The van der Waals surface area contributed by atoms with E-state index in [-0.39, 0.29) is 17.5 Å². The van der Waals surface area contributed by atoms with E-state index in [2.05, 4.69) is 359 Å². The second-order valence-electron chi connectivity index (χ2n) is 28.0. The molecule has 0 fully saturated rings. The molecule has 0 N–H and O–H groups in total. The van der Waals surface area contributed by atoms with Crippen LogP contribution in [0, 0.1) is 0 Å². The van der Waals surface area contributed by atoms with Crippen molar-refractivity contribution in [2.75, 3.05) is 4.90 Å². The fraction of sp³-hybridized carbons (Fsp3) is 0.0889. The van der Waals surface area contributed by atoms with Crippen molar-refractivity contribution in [2.45, 2.75) is 52.4 Å². The molecule has 2 aliphatic heterocycles. The summed E-state index contributed by atoms with van der Waals surface area (Å²) in [4.78, 5) is 2.74. The molecule has 2 aromatic heterocycles. The SMILES string of the molecule is CC(C)(C)c1cc(-c2cccc(-c3ccccc3)c2N2c3cc4c5cc(-c6ccccc6)ccc5n(-c5ccccc5)c4cc3B3c4c2cc(-c2ccc5ccccc5c2)cc4-n2c4cc(-c5ccccc5)ccc4c4ccc(-c5ccccc5)c3c42)cc(C(C)(C)C)c1. The molecule has 0 bridgehead atoms. The zero-order valence-electron chi connectivity index (χ0n) is 53.8. The summed E-state index contributed by atoms with van der Waals surface area (Å²) in [5, 5.41) is 7.30. The van der Waals surface area contributed by atoms with Gasteiger partial charge in [0.1, 0.15) is 0 Å². The second-order valence-corrected chi connectivity index (χ2v) is 28.0. The molecule has 2 aliphatic rings. The number of hydrogen-bond donors (Lipinski definition) is 0. The molecule has 0 radical (unpaired) electrons. The van der Waals surface area contributed by atoms with Gasteiger partial charge in [0.15, 0.2) is 0 Å². The first-order valence-electron chi connectivity index (χ1n) is 33.2. The van der Waals surface area contributed by atoms with Crippen LogP contribution in [-0.2, 0) is 10.8 Å². The molecule has 0 aliphatic carbocycles. The van der Waals surface area contributed by atoms with Gasteiger partial charge in [-0.2, -0.15) is 0 Å². The first-order chi connectivity index (χ1) is 45.9. The van der Waals surface area contributed by atoms with Crippen molar-refractivity contribution >= 4 is 94.5 Å². The van der Waals surface area contributed by atoms with Gasteiger partial charge >= 0.3 is 0 Å². The highest BCUT2D eigenvalue weighted by molar-refractivity contribution is 7.01. The number of para-hydroxylation sites is 2. The third-order valence-corrected chi connectivity index (χ3v) is 20.3. The monoisotopic (exact) mass is 1200 g/mol. The first kappa shape index (κ1) is 55.6. The van der Waals surface area contributed by atoms with Crippen LogP contribution in [0.1, 0.15) is 52.7 Å². The van der Waals surface area contributed by atoms with Gasteiger partial charge in [-0.3, -0.25) is 0 Å². The normalized spacial score (nSPS) is 12.7. The number of fused-ring (bicyclic) bond motifs is 11. The van der Waals surface area contributed by atoms with Crippen LogP contribution in [0.3, 0.4) is 0 Å². The fourth-order valence-corrected chi connectivity index (χ4v) is 15.7. The summed E-state index contributed by atoms with van der Waals surface area (Å²) < 4.78 is 5.21. The van der Waals surface area contributed by atoms with Crippen LogP contribution in [0.4, 0.5) is 17.1 Å². The van der Waals surface area contributed by atoms with Gasteiger partial charge in [-0.15, -0.1) is 0 Å². The molecule has 0 unspecified atom stereocenters. The summed E-state index contributed by atoms with van der Waals surface area (Å²) in [5.74, 6) is 0. The lowest BCUT2D eigenvalue weighted by atomic mass is 9.33. The van der Waals surface area contributed by atoms with E-state index in [1.807, 2.05) is 0 Å². The van der Waals surface area contributed by atoms with Crippen LogP contribution < -0.4 is 21.3 Å². The van der Waals surface area contributed by atoms with Gasteiger partial charge in [0.25, 0.3) is 6.71 Å². The van der Waals surface area contributed by atoms with E-state index >= 15 is 0 Å². The molecule has 0 saturated carbocycles. The smallest absolute Gasteiger partial charge is 0.253 e. The van der Waals surface area contributed by atoms with Crippen LogP contribution in [0.2, 0.25) is 0 Å². The Morgan fingerprint density at radius 2 is 0.798 bits per heavy atom. The molecule has 14 aromatic carbocycles. The Bertz CT molecular complexity index is 5700. The summed E-state index contributed by atoms with van der Waals surface area (Å²) in [6.45, 7) is 13.9. The molecule has 4 heterocycles. The van der Waals surface area contributed by atoms with Crippen molar-refractivity contribution in [1.82, 2.24) is 9.13 Å². The van der Waals surface area contributed by atoms with Crippen LogP contribution in [0.5, 0.6) is 0 Å². The van der Waals surface area contributed by atoms with Crippen molar-refractivity contribution in [3.05, 3.63) is 314 Å². The number of hydrogen-bond acceptors (Lipinski definition) is 1. The van der Waals surface area contributed by atoms with Crippen molar-refractivity contribution in [3.63, 3.8) is 0 Å². The second kappa shape index (κ2) is 21.2. The molecule has 0 spiro atoms. The van der Waals surface area contributed by atoms with Gasteiger partial charge in [-0.05, 0) is 165 Å². The van der Waals surface area contributed by atoms with Gasteiger partial charge < -0.3 is 14.0 Å². The Labute approximate surface area is 550 Å². The largest absolute Gasteiger partial charge is 0.310 e. The number of benzene rings is 14. The Morgan fingerprint density at radius 1 is 0.277 bits per heavy atom. The number of nitrogens with zero attached hydrogens (tertiary/aromatic N) is 3. The zero-order chi connectivity index (χ0) is 63.1. The van der Waals surface area contributed by atoms with E-state index in [0.717, 1.165) is 45.0 Å². The van der Waals surface area contributed by atoms with E-state index in [1.54, 1.807) is 0 Å². The van der Waals surface area contributed by atoms with Crippen LogP contribution in [0.15, 0.2) is 303 Å². The highest BCUT2D eigenvalue weighted by Gasteiger charge is 2.45. The molecule has 16 aromatic rings. The predicted octanol–water partition coefficient (Wildman–Crippen LogP) is 22.2. The van der Waals surface area contributed by atoms with Crippen LogP contribution in [0.25, 0.3) is 133 Å². The summed E-state index contributed by atoms with van der Waals surface area (Å²) in [5.41, 5.74) is 30.9. The maximum atomic E-state index is 2.74. The summed E-state index contributed by atoms with van der Waals surface area (Å²) >= 11 is 0. The van der Waals surface area contributed by atoms with E-state index in [0.29, 0.717) is 0 Å². The van der Waals surface area contributed by atoms with Gasteiger partial charge in [0.2, 0.25) is 0 Å². The van der Waals surface area contributed by atoms with E-state index in [9.17, 15) is 0 Å². The third-order valence-electron chi connectivity index (χ3n) is 20.3. The molecule has 0 atom stereocenters. The molecule has 0 amide bonds. The average Bonchev–Trinajstić information content (AvgIpc) is 1.32.